The van der Waals surface area contributed by atoms with E-state index in [-0.39, 0.29) is 22.5 Å². The Hall–Kier alpha value is -3.46. The lowest BCUT2D eigenvalue weighted by Gasteiger charge is -2.27. The highest BCUT2D eigenvalue weighted by Crippen LogP contribution is 2.22. The van der Waals surface area contributed by atoms with E-state index in [1.54, 1.807) is 36.1 Å². The molecule has 0 radical (unpaired) electrons. The van der Waals surface area contributed by atoms with E-state index in [2.05, 4.69) is 10.3 Å². The third-order valence-electron chi connectivity index (χ3n) is 6.47. The number of carbonyl (C=O) groups excluding carboxylic acids is 2. The molecule has 0 bridgehead atoms. The summed E-state index contributed by atoms with van der Waals surface area (Å²) in [4.78, 5) is 59.5. The van der Waals surface area contributed by atoms with Crippen LogP contribution >= 0.6 is 11.6 Å². The number of piperidine rings is 1. The molecule has 1 N–H and O–H groups in total. The maximum atomic E-state index is 13.7. The standard InChI is InChI=1S/C25H28ClN5O4/c1-14-8-9-17(26)13-19(14)28-22(32)16(3)31-24(34)20-18(23(33)30-10-6-5-7-11-30)12-15(2)27-21(20)29(4)25(31)35/h8-9,12-13,16H,5-7,10-11H2,1-4H3,(H,28,32)/t16-/m0/s1. The topological polar surface area (TPSA) is 106 Å². The van der Waals surface area contributed by atoms with Gasteiger partial charge in [0.05, 0.1) is 10.9 Å². The molecule has 2 amide bonds. The van der Waals surface area contributed by atoms with Crippen LogP contribution in [0.4, 0.5) is 5.69 Å². The molecule has 1 fully saturated rings. The van der Waals surface area contributed by atoms with E-state index in [1.165, 1.54) is 18.5 Å². The van der Waals surface area contributed by atoms with Crippen molar-refractivity contribution in [1.82, 2.24) is 19.0 Å². The summed E-state index contributed by atoms with van der Waals surface area (Å²) in [5.41, 5.74) is 0.689. The Morgan fingerprint density at radius 2 is 1.77 bits per heavy atom. The average Bonchev–Trinajstić information content (AvgIpc) is 2.84. The number of nitrogens with zero attached hydrogens (tertiary/aromatic N) is 4. The lowest BCUT2D eigenvalue weighted by Crippen LogP contribution is -2.45. The van der Waals surface area contributed by atoms with Gasteiger partial charge in [0.15, 0.2) is 0 Å². The number of rotatable bonds is 4. The summed E-state index contributed by atoms with van der Waals surface area (Å²) in [5, 5.41) is 3.23. The highest BCUT2D eigenvalue weighted by Gasteiger charge is 2.28. The zero-order valence-electron chi connectivity index (χ0n) is 20.2. The number of fused-ring (bicyclic) bond motifs is 1. The summed E-state index contributed by atoms with van der Waals surface area (Å²) in [6.45, 7) is 6.21. The first-order valence-corrected chi connectivity index (χ1v) is 12.0. The molecule has 0 spiro atoms. The number of likely N-dealkylation sites (tertiary alicyclic amines) is 1. The summed E-state index contributed by atoms with van der Waals surface area (Å²) in [7, 11) is 1.48. The van der Waals surface area contributed by atoms with Crippen LogP contribution in [0.5, 0.6) is 0 Å². The Kier molecular flexibility index (Phi) is 6.80. The maximum absolute atomic E-state index is 13.7. The number of halogens is 1. The number of anilines is 1. The maximum Gasteiger partial charge on any atom is 0.333 e. The summed E-state index contributed by atoms with van der Waals surface area (Å²) in [6.07, 6.45) is 2.85. The van der Waals surface area contributed by atoms with Gasteiger partial charge < -0.3 is 10.2 Å². The molecule has 9 nitrogen and oxygen atoms in total. The molecule has 184 valence electrons. The zero-order chi connectivity index (χ0) is 25.4. The second kappa shape index (κ2) is 9.65. The fourth-order valence-electron chi connectivity index (χ4n) is 4.43. The monoisotopic (exact) mass is 497 g/mol. The van der Waals surface area contributed by atoms with Crippen molar-refractivity contribution in [2.24, 2.45) is 7.05 Å². The molecule has 3 heterocycles. The van der Waals surface area contributed by atoms with E-state index in [0.29, 0.717) is 29.5 Å². The fourth-order valence-corrected chi connectivity index (χ4v) is 4.60. The number of amides is 2. The highest BCUT2D eigenvalue weighted by atomic mass is 35.5. The normalized spacial score (nSPS) is 14.7. The van der Waals surface area contributed by atoms with Crippen LogP contribution in [0.15, 0.2) is 33.9 Å². The van der Waals surface area contributed by atoms with Crippen LogP contribution in [0.2, 0.25) is 5.02 Å². The van der Waals surface area contributed by atoms with Gasteiger partial charge in [-0.2, -0.15) is 0 Å². The second-order valence-electron chi connectivity index (χ2n) is 9.00. The number of aromatic nitrogens is 3. The number of carbonyl (C=O) groups is 2. The molecule has 1 saturated heterocycles. The Morgan fingerprint density at radius 1 is 1.09 bits per heavy atom. The van der Waals surface area contributed by atoms with Gasteiger partial charge in [-0.3, -0.25) is 19.0 Å². The van der Waals surface area contributed by atoms with Crippen molar-refractivity contribution in [3.8, 4) is 0 Å². The van der Waals surface area contributed by atoms with Crippen molar-refractivity contribution >= 4 is 40.1 Å². The van der Waals surface area contributed by atoms with E-state index in [0.717, 1.165) is 29.4 Å². The van der Waals surface area contributed by atoms with Gasteiger partial charge in [0.2, 0.25) is 5.91 Å². The number of benzene rings is 1. The van der Waals surface area contributed by atoms with Crippen molar-refractivity contribution in [3.63, 3.8) is 0 Å². The number of nitrogens with one attached hydrogen (secondary N) is 1. The number of hydrogen-bond donors (Lipinski definition) is 1. The average molecular weight is 498 g/mol. The molecule has 1 atom stereocenters. The first kappa shape index (κ1) is 24.7. The van der Waals surface area contributed by atoms with E-state index >= 15 is 0 Å². The van der Waals surface area contributed by atoms with Crippen LogP contribution in [0, 0.1) is 13.8 Å². The summed E-state index contributed by atoms with van der Waals surface area (Å²) in [5.74, 6) is -0.827. The molecule has 1 aliphatic heterocycles. The van der Waals surface area contributed by atoms with E-state index < -0.39 is 23.2 Å². The highest BCUT2D eigenvalue weighted by molar-refractivity contribution is 6.31. The molecule has 0 aliphatic carbocycles. The van der Waals surface area contributed by atoms with Crippen LogP contribution < -0.4 is 16.6 Å². The SMILES string of the molecule is Cc1cc(C(=O)N2CCCCC2)c2c(=O)n([C@@H](C)C(=O)Nc3cc(Cl)ccc3C)c(=O)n(C)c2n1. The predicted octanol–water partition coefficient (Wildman–Crippen LogP) is 3.19. The van der Waals surface area contributed by atoms with Gasteiger partial charge in [0.25, 0.3) is 11.5 Å². The van der Waals surface area contributed by atoms with E-state index in [9.17, 15) is 19.2 Å². The Balaban J connectivity index is 1.84. The number of pyridine rings is 1. The molecule has 10 heteroatoms. The van der Waals surface area contributed by atoms with Crippen molar-refractivity contribution < 1.29 is 9.59 Å². The molecule has 4 rings (SSSR count). The fraction of sp³-hybridized carbons (Fsp3) is 0.400. The molecule has 0 saturated carbocycles. The predicted molar refractivity (Wildman–Crippen MR) is 135 cm³/mol. The van der Waals surface area contributed by atoms with Gasteiger partial charge in [-0.15, -0.1) is 0 Å². The molecule has 0 unspecified atom stereocenters. The van der Waals surface area contributed by atoms with Crippen molar-refractivity contribution in [2.75, 3.05) is 18.4 Å². The lowest BCUT2D eigenvalue weighted by atomic mass is 10.1. The molecule has 2 aromatic heterocycles. The summed E-state index contributed by atoms with van der Waals surface area (Å²) >= 11 is 6.05. The second-order valence-corrected chi connectivity index (χ2v) is 9.44. The van der Waals surface area contributed by atoms with Crippen molar-refractivity contribution in [3.05, 3.63) is 66.9 Å². The van der Waals surface area contributed by atoms with Crippen LogP contribution in [-0.4, -0.2) is 43.9 Å². The molecular formula is C25H28ClN5O4. The van der Waals surface area contributed by atoms with E-state index in [4.69, 9.17) is 11.6 Å². The minimum absolute atomic E-state index is 0.0341. The Labute approximate surface area is 207 Å². The van der Waals surface area contributed by atoms with Gasteiger partial charge in [0.1, 0.15) is 11.7 Å². The lowest BCUT2D eigenvalue weighted by molar-refractivity contribution is -0.119. The molecule has 35 heavy (non-hydrogen) atoms. The van der Waals surface area contributed by atoms with Crippen molar-refractivity contribution in [1.29, 1.82) is 0 Å². The van der Waals surface area contributed by atoms with E-state index in [1.807, 2.05) is 6.92 Å². The third kappa shape index (κ3) is 4.60. The molecule has 3 aromatic rings. The Bertz CT molecular complexity index is 1450. The van der Waals surface area contributed by atoms with Gasteiger partial charge in [0, 0.05) is 36.5 Å². The summed E-state index contributed by atoms with van der Waals surface area (Å²) in [6, 6.07) is 5.50. The third-order valence-corrected chi connectivity index (χ3v) is 6.70. The first-order valence-electron chi connectivity index (χ1n) is 11.6. The van der Waals surface area contributed by atoms with Crippen LogP contribution in [0.1, 0.15) is 53.8 Å². The van der Waals surface area contributed by atoms with Gasteiger partial charge in [-0.25, -0.2) is 14.3 Å². The molecular weight excluding hydrogens is 470 g/mol. The number of aryl methyl sites for hydroxylation is 3. The van der Waals surface area contributed by atoms with Crippen LogP contribution in [-0.2, 0) is 11.8 Å². The van der Waals surface area contributed by atoms with Gasteiger partial charge in [-0.05, 0) is 63.8 Å². The quantitative estimate of drug-likeness (QED) is 0.595. The summed E-state index contributed by atoms with van der Waals surface area (Å²) < 4.78 is 2.09. The van der Waals surface area contributed by atoms with Gasteiger partial charge >= 0.3 is 5.69 Å². The zero-order valence-corrected chi connectivity index (χ0v) is 21.0. The molecule has 1 aromatic carbocycles. The minimum atomic E-state index is -1.15. The molecule has 1 aliphatic rings. The first-order chi connectivity index (χ1) is 16.6. The minimum Gasteiger partial charge on any atom is -0.339 e. The smallest absolute Gasteiger partial charge is 0.333 e. The van der Waals surface area contributed by atoms with Crippen molar-refractivity contribution in [2.45, 2.75) is 46.1 Å². The van der Waals surface area contributed by atoms with Crippen LogP contribution in [0.25, 0.3) is 11.0 Å². The van der Waals surface area contributed by atoms with Crippen LogP contribution in [0.3, 0.4) is 0 Å². The largest absolute Gasteiger partial charge is 0.339 e. The van der Waals surface area contributed by atoms with Gasteiger partial charge in [-0.1, -0.05) is 17.7 Å². The number of hydrogen-bond acceptors (Lipinski definition) is 5. The Morgan fingerprint density at radius 3 is 2.46 bits per heavy atom.